The van der Waals surface area contributed by atoms with Gasteiger partial charge in [-0.2, -0.15) is 13.2 Å². The predicted molar refractivity (Wildman–Crippen MR) is 97.2 cm³/mol. The lowest BCUT2D eigenvalue weighted by molar-refractivity contribution is -0.154. The maximum atomic E-state index is 12.4. The van der Waals surface area contributed by atoms with Crippen molar-refractivity contribution in [2.45, 2.75) is 39.4 Å². The zero-order valence-corrected chi connectivity index (χ0v) is 16.2. The van der Waals surface area contributed by atoms with Gasteiger partial charge in [-0.25, -0.2) is 15.0 Å². The number of alkyl halides is 3. The van der Waals surface area contributed by atoms with Gasteiger partial charge in [0, 0.05) is 24.4 Å². The summed E-state index contributed by atoms with van der Waals surface area (Å²) < 4.78 is 41.0. The molecule has 0 fully saturated rings. The van der Waals surface area contributed by atoms with Gasteiger partial charge in [0.05, 0.1) is 12.5 Å². The Morgan fingerprint density at radius 2 is 1.86 bits per heavy atom. The fraction of sp³-hybridized carbons (Fsp3) is 0.421. The second-order valence-electron chi connectivity index (χ2n) is 6.68. The molecule has 0 bridgehead atoms. The number of ketones is 1. The molecule has 10 heteroatoms. The minimum Gasteiger partial charge on any atom is -0.468 e. The Bertz CT molecular complexity index is 855. The number of aromatic nitrogens is 3. The summed E-state index contributed by atoms with van der Waals surface area (Å²) in [5.41, 5.74) is 0.679. The van der Waals surface area contributed by atoms with Gasteiger partial charge in [0.15, 0.2) is 6.61 Å². The quantitative estimate of drug-likeness (QED) is 0.719. The van der Waals surface area contributed by atoms with E-state index in [9.17, 15) is 22.8 Å². The normalized spacial score (nSPS) is 12.5. The summed E-state index contributed by atoms with van der Waals surface area (Å²) in [5.74, 6) is -0.575. The minimum absolute atomic E-state index is 0.0326. The van der Waals surface area contributed by atoms with Crippen molar-refractivity contribution in [3.63, 3.8) is 0 Å². The molecule has 29 heavy (non-hydrogen) atoms. The maximum absolute atomic E-state index is 12.4. The first kappa shape index (κ1) is 22.3. The molecule has 0 aromatic carbocycles. The third-order valence-electron chi connectivity index (χ3n) is 3.90. The Morgan fingerprint density at radius 3 is 2.45 bits per heavy atom. The van der Waals surface area contributed by atoms with Crippen LogP contribution in [0.25, 0.3) is 0 Å². The number of hydrogen-bond acceptors (Lipinski definition) is 6. The predicted octanol–water partition coefficient (Wildman–Crippen LogP) is 3.07. The molecule has 7 nitrogen and oxygen atoms in total. The molecule has 0 saturated heterocycles. The summed E-state index contributed by atoms with van der Waals surface area (Å²) in [5, 5.41) is 2.72. The minimum atomic E-state index is -4.45. The van der Waals surface area contributed by atoms with E-state index in [1.165, 1.54) is 30.6 Å². The van der Waals surface area contributed by atoms with Crippen molar-refractivity contribution in [1.29, 1.82) is 0 Å². The van der Waals surface area contributed by atoms with E-state index < -0.39 is 24.7 Å². The summed E-state index contributed by atoms with van der Waals surface area (Å²) in [6.45, 7) is 3.80. The highest BCUT2D eigenvalue weighted by molar-refractivity contribution is 5.92. The molecule has 0 spiro atoms. The van der Waals surface area contributed by atoms with Crippen LogP contribution in [0.15, 0.2) is 30.6 Å². The van der Waals surface area contributed by atoms with Crippen molar-refractivity contribution in [3.8, 4) is 5.88 Å². The highest BCUT2D eigenvalue weighted by atomic mass is 19.4. The maximum Gasteiger partial charge on any atom is 0.422 e. The summed E-state index contributed by atoms with van der Waals surface area (Å²) in [6, 6.07) is 3.75. The first-order chi connectivity index (χ1) is 13.5. The SMILES string of the molecule is CC(C)C(=O)Cc1nccc(C(=O)NC(C)c2ccc(OCC(F)(F)F)nc2)n1. The summed E-state index contributed by atoms with van der Waals surface area (Å²) in [6.07, 6.45) is -1.68. The number of pyridine rings is 1. The molecule has 0 aliphatic heterocycles. The number of amides is 1. The van der Waals surface area contributed by atoms with Crippen LogP contribution < -0.4 is 10.1 Å². The van der Waals surface area contributed by atoms with Gasteiger partial charge in [-0.05, 0) is 18.6 Å². The van der Waals surface area contributed by atoms with Crippen LogP contribution in [0, 0.1) is 5.92 Å². The molecule has 1 atom stereocenters. The van der Waals surface area contributed by atoms with Crippen LogP contribution in [-0.2, 0) is 11.2 Å². The molecule has 0 radical (unpaired) electrons. The lowest BCUT2D eigenvalue weighted by Gasteiger charge is -2.15. The monoisotopic (exact) mass is 410 g/mol. The molecule has 2 rings (SSSR count). The Balaban J connectivity index is 1.99. The molecule has 2 heterocycles. The van der Waals surface area contributed by atoms with Gasteiger partial charge >= 0.3 is 6.18 Å². The van der Waals surface area contributed by atoms with Gasteiger partial charge < -0.3 is 10.1 Å². The molecule has 0 saturated carbocycles. The topological polar surface area (TPSA) is 94.1 Å². The van der Waals surface area contributed by atoms with Gasteiger partial charge in [0.1, 0.15) is 17.3 Å². The van der Waals surface area contributed by atoms with Gasteiger partial charge in [-0.1, -0.05) is 19.9 Å². The van der Waals surface area contributed by atoms with E-state index >= 15 is 0 Å². The van der Waals surface area contributed by atoms with Gasteiger partial charge in [-0.3, -0.25) is 9.59 Å². The number of hydrogen-bond donors (Lipinski definition) is 1. The van der Waals surface area contributed by atoms with Crippen molar-refractivity contribution >= 4 is 11.7 Å². The lowest BCUT2D eigenvalue weighted by Crippen LogP contribution is -2.28. The summed E-state index contributed by atoms with van der Waals surface area (Å²) in [7, 11) is 0. The van der Waals surface area contributed by atoms with E-state index in [4.69, 9.17) is 0 Å². The van der Waals surface area contributed by atoms with Gasteiger partial charge in [0.2, 0.25) is 5.88 Å². The number of carbonyl (C=O) groups is 2. The highest BCUT2D eigenvalue weighted by Crippen LogP contribution is 2.19. The van der Waals surface area contributed by atoms with Crippen LogP contribution in [0.2, 0.25) is 0 Å². The number of halogens is 3. The molecule has 0 aliphatic carbocycles. The molecule has 1 amide bonds. The van der Waals surface area contributed by atoms with E-state index in [0.29, 0.717) is 5.56 Å². The summed E-state index contributed by atoms with van der Waals surface area (Å²) in [4.78, 5) is 36.2. The molecule has 2 aromatic rings. The second kappa shape index (κ2) is 9.44. The van der Waals surface area contributed by atoms with Crippen LogP contribution in [0.4, 0.5) is 13.2 Å². The molecule has 2 aromatic heterocycles. The molecule has 1 N–H and O–H groups in total. The van der Waals surface area contributed by atoms with E-state index in [1.54, 1.807) is 20.8 Å². The standard InChI is InChI=1S/C19H21F3N4O3/c1-11(2)15(27)8-16-23-7-6-14(26-16)18(28)25-12(3)13-4-5-17(24-9-13)29-10-19(20,21)22/h4-7,9,11-12H,8,10H2,1-3H3,(H,25,28). The fourth-order valence-corrected chi connectivity index (χ4v) is 2.21. The zero-order valence-electron chi connectivity index (χ0n) is 16.2. The van der Waals surface area contributed by atoms with Crippen molar-refractivity contribution in [3.05, 3.63) is 47.7 Å². The van der Waals surface area contributed by atoms with Crippen molar-refractivity contribution in [2.75, 3.05) is 6.61 Å². The van der Waals surface area contributed by atoms with Gasteiger partial charge in [0.25, 0.3) is 5.91 Å². The third-order valence-corrected chi connectivity index (χ3v) is 3.90. The van der Waals surface area contributed by atoms with E-state index in [2.05, 4.69) is 25.0 Å². The number of ether oxygens (including phenoxy) is 1. The number of nitrogens with one attached hydrogen (secondary N) is 1. The Hall–Kier alpha value is -3.04. The molecule has 156 valence electrons. The first-order valence-corrected chi connectivity index (χ1v) is 8.86. The molecular weight excluding hydrogens is 389 g/mol. The van der Waals surface area contributed by atoms with Crippen molar-refractivity contribution in [2.24, 2.45) is 5.92 Å². The Morgan fingerprint density at radius 1 is 1.14 bits per heavy atom. The average molecular weight is 410 g/mol. The summed E-state index contributed by atoms with van der Waals surface area (Å²) >= 11 is 0. The van der Waals surface area contributed by atoms with Crippen LogP contribution in [0.3, 0.4) is 0 Å². The van der Waals surface area contributed by atoms with E-state index in [0.717, 1.165) is 0 Å². The van der Waals surface area contributed by atoms with Crippen molar-refractivity contribution in [1.82, 2.24) is 20.3 Å². The van der Waals surface area contributed by atoms with E-state index in [1.807, 2.05) is 0 Å². The number of nitrogens with zero attached hydrogens (tertiary/aromatic N) is 3. The largest absolute Gasteiger partial charge is 0.468 e. The Labute approximate surface area is 165 Å². The highest BCUT2D eigenvalue weighted by Gasteiger charge is 2.28. The zero-order chi connectivity index (χ0) is 21.6. The number of rotatable bonds is 8. The van der Waals surface area contributed by atoms with Crippen molar-refractivity contribution < 1.29 is 27.5 Å². The van der Waals surface area contributed by atoms with Crippen LogP contribution in [0.5, 0.6) is 5.88 Å². The number of carbonyl (C=O) groups excluding carboxylic acids is 2. The molecule has 0 aliphatic rings. The first-order valence-electron chi connectivity index (χ1n) is 8.86. The van der Waals surface area contributed by atoms with Crippen LogP contribution >= 0.6 is 0 Å². The smallest absolute Gasteiger partial charge is 0.422 e. The second-order valence-corrected chi connectivity index (χ2v) is 6.68. The third kappa shape index (κ3) is 7.13. The average Bonchev–Trinajstić information content (AvgIpc) is 2.66. The fourth-order valence-electron chi connectivity index (χ4n) is 2.21. The van der Waals surface area contributed by atoms with Crippen LogP contribution in [-0.4, -0.2) is 39.4 Å². The number of Topliss-reactive ketones (excluding diaryl/α,β-unsaturated/α-hetero) is 1. The lowest BCUT2D eigenvalue weighted by atomic mass is 10.1. The van der Waals surface area contributed by atoms with E-state index in [-0.39, 0.29) is 35.5 Å². The van der Waals surface area contributed by atoms with Gasteiger partial charge in [-0.15, -0.1) is 0 Å². The Kier molecular flexibility index (Phi) is 7.24. The van der Waals surface area contributed by atoms with Crippen LogP contribution in [0.1, 0.15) is 48.7 Å². The molecule has 1 unspecified atom stereocenters. The molecular formula is C19H21F3N4O3.